The number of carbonyl (C=O) groups excluding carboxylic acids is 1. The Morgan fingerprint density at radius 2 is 2.14 bits per heavy atom. The first kappa shape index (κ1) is 16.9. The van der Waals surface area contributed by atoms with Crippen molar-refractivity contribution in [2.24, 2.45) is 0 Å². The fraction of sp³-hybridized carbons (Fsp3) is 0.462. The summed E-state index contributed by atoms with van der Waals surface area (Å²) in [7, 11) is 4.63. The second-order valence-corrected chi connectivity index (χ2v) is 4.26. The molecule has 8 nitrogen and oxygen atoms in total. The van der Waals surface area contributed by atoms with E-state index in [0.29, 0.717) is 12.2 Å². The van der Waals surface area contributed by atoms with Crippen LogP contribution in [0.2, 0.25) is 0 Å². The van der Waals surface area contributed by atoms with Gasteiger partial charge in [-0.25, -0.2) is 0 Å². The van der Waals surface area contributed by atoms with Crippen LogP contribution >= 0.6 is 0 Å². The second kappa shape index (κ2) is 8.18. The predicted octanol–water partition coefficient (Wildman–Crippen LogP) is 1.03. The minimum atomic E-state index is -0.507. The quantitative estimate of drug-likeness (QED) is 0.548. The monoisotopic (exact) mass is 297 g/mol. The normalized spacial score (nSPS) is 11.8. The number of nitro benzene ring substituents is 1. The number of amides is 1. The number of carbonyl (C=O) groups is 1. The molecule has 0 aromatic heterocycles. The lowest BCUT2D eigenvalue weighted by Gasteiger charge is -2.15. The fourth-order valence-electron chi connectivity index (χ4n) is 1.74. The number of benzene rings is 1. The molecule has 0 fully saturated rings. The molecule has 0 radical (unpaired) electrons. The molecule has 1 unspecified atom stereocenters. The number of nitrogens with zero attached hydrogens (tertiary/aromatic N) is 1. The van der Waals surface area contributed by atoms with Crippen molar-refractivity contribution in [3.63, 3.8) is 0 Å². The molecule has 0 saturated carbocycles. The summed E-state index contributed by atoms with van der Waals surface area (Å²) in [5.41, 5.74) is 0.535. The van der Waals surface area contributed by atoms with Crippen LogP contribution in [0.5, 0.6) is 0 Å². The van der Waals surface area contributed by atoms with Crippen LogP contribution < -0.4 is 10.6 Å². The van der Waals surface area contributed by atoms with Gasteiger partial charge in [-0.15, -0.1) is 0 Å². The lowest BCUT2D eigenvalue weighted by atomic mass is 10.1. The van der Waals surface area contributed by atoms with Crippen LogP contribution in [0.15, 0.2) is 18.2 Å². The fourth-order valence-corrected chi connectivity index (χ4v) is 1.74. The Morgan fingerprint density at radius 1 is 1.43 bits per heavy atom. The van der Waals surface area contributed by atoms with Crippen LogP contribution in [-0.4, -0.2) is 51.4 Å². The summed E-state index contributed by atoms with van der Waals surface area (Å²) in [6.45, 7) is 0.647. The topological polar surface area (TPSA) is 103 Å². The summed E-state index contributed by atoms with van der Waals surface area (Å²) in [5.74, 6) is -0.334. The first-order chi connectivity index (χ1) is 10.0. The van der Waals surface area contributed by atoms with E-state index in [-0.39, 0.29) is 29.9 Å². The molecular weight excluding hydrogens is 278 g/mol. The maximum absolute atomic E-state index is 12.0. The number of methoxy groups -OCH3 is 2. The highest BCUT2D eigenvalue weighted by atomic mass is 16.6. The summed E-state index contributed by atoms with van der Waals surface area (Å²) in [6, 6.07) is 4.14. The van der Waals surface area contributed by atoms with Gasteiger partial charge >= 0.3 is 0 Å². The van der Waals surface area contributed by atoms with Crippen LogP contribution in [0.25, 0.3) is 0 Å². The number of anilines is 1. The number of ether oxygens (including phenoxy) is 2. The minimum absolute atomic E-state index is 0.0804. The maximum Gasteiger partial charge on any atom is 0.292 e. The van der Waals surface area contributed by atoms with Gasteiger partial charge in [-0.05, 0) is 12.1 Å². The van der Waals surface area contributed by atoms with E-state index in [1.807, 2.05) is 0 Å². The Kier molecular flexibility index (Phi) is 6.57. The van der Waals surface area contributed by atoms with Crippen molar-refractivity contribution < 1.29 is 19.2 Å². The lowest BCUT2D eigenvalue weighted by Crippen LogP contribution is -2.35. The molecule has 0 aliphatic carbocycles. The number of hydrogen-bond donors (Lipinski definition) is 2. The van der Waals surface area contributed by atoms with Crippen LogP contribution in [0, 0.1) is 10.1 Å². The van der Waals surface area contributed by atoms with Crippen LogP contribution in [-0.2, 0) is 9.47 Å². The SMILES string of the molecule is CNc1cc(C(=O)NCC(COC)OC)ccc1[N+](=O)[O-]. The Balaban J connectivity index is 2.76. The van der Waals surface area contributed by atoms with E-state index >= 15 is 0 Å². The second-order valence-electron chi connectivity index (χ2n) is 4.26. The third kappa shape index (κ3) is 4.69. The van der Waals surface area contributed by atoms with E-state index in [1.165, 1.54) is 25.3 Å². The molecule has 21 heavy (non-hydrogen) atoms. The van der Waals surface area contributed by atoms with Gasteiger partial charge in [-0.2, -0.15) is 0 Å². The molecule has 0 aliphatic heterocycles. The van der Waals surface area contributed by atoms with E-state index in [9.17, 15) is 14.9 Å². The molecule has 0 saturated heterocycles. The van der Waals surface area contributed by atoms with Gasteiger partial charge in [-0.3, -0.25) is 14.9 Å². The van der Waals surface area contributed by atoms with Crippen molar-refractivity contribution in [3.8, 4) is 0 Å². The van der Waals surface area contributed by atoms with Gasteiger partial charge in [0.15, 0.2) is 0 Å². The summed E-state index contributed by atoms with van der Waals surface area (Å²) in [6.07, 6.45) is -0.249. The molecule has 1 aromatic carbocycles. The van der Waals surface area contributed by atoms with E-state index in [2.05, 4.69) is 10.6 Å². The van der Waals surface area contributed by atoms with Crippen molar-refractivity contribution in [1.29, 1.82) is 0 Å². The molecule has 0 spiro atoms. The number of nitrogens with one attached hydrogen (secondary N) is 2. The minimum Gasteiger partial charge on any atom is -0.383 e. The third-order valence-electron chi connectivity index (χ3n) is 2.90. The van der Waals surface area contributed by atoms with E-state index in [0.717, 1.165) is 0 Å². The average molecular weight is 297 g/mol. The van der Waals surface area contributed by atoms with Crippen LogP contribution in [0.3, 0.4) is 0 Å². The number of nitro groups is 1. The first-order valence-electron chi connectivity index (χ1n) is 6.29. The maximum atomic E-state index is 12.0. The van der Waals surface area contributed by atoms with Crippen molar-refractivity contribution >= 4 is 17.3 Å². The zero-order valence-electron chi connectivity index (χ0n) is 12.2. The van der Waals surface area contributed by atoms with E-state index in [1.54, 1.807) is 14.2 Å². The number of rotatable bonds is 8. The van der Waals surface area contributed by atoms with Crippen LogP contribution in [0.1, 0.15) is 10.4 Å². The molecule has 116 valence electrons. The molecule has 0 heterocycles. The van der Waals surface area contributed by atoms with Crippen molar-refractivity contribution in [2.45, 2.75) is 6.10 Å². The lowest BCUT2D eigenvalue weighted by molar-refractivity contribution is -0.383. The van der Waals surface area contributed by atoms with Crippen molar-refractivity contribution in [1.82, 2.24) is 5.32 Å². The largest absolute Gasteiger partial charge is 0.383 e. The first-order valence-corrected chi connectivity index (χ1v) is 6.29. The van der Waals surface area contributed by atoms with Crippen molar-refractivity contribution in [3.05, 3.63) is 33.9 Å². The Labute approximate surface area is 122 Å². The predicted molar refractivity (Wildman–Crippen MR) is 77.6 cm³/mol. The summed E-state index contributed by atoms with van der Waals surface area (Å²) in [4.78, 5) is 22.3. The van der Waals surface area contributed by atoms with Crippen molar-refractivity contribution in [2.75, 3.05) is 39.7 Å². The highest BCUT2D eigenvalue weighted by Gasteiger charge is 2.16. The molecule has 0 bridgehead atoms. The highest BCUT2D eigenvalue weighted by Crippen LogP contribution is 2.24. The Morgan fingerprint density at radius 3 is 2.67 bits per heavy atom. The molecule has 1 rings (SSSR count). The molecular formula is C13H19N3O5. The summed E-state index contributed by atoms with van der Waals surface area (Å²) >= 11 is 0. The standard InChI is InChI=1S/C13H19N3O5/c1-14-11-6-9(4-5-12(11)16(18)19)13(17)15-7-10(21-3)8-20-2/h4-6,10,14H,7-8H2,1-3H3,(H,15,17). The van der Waals surface area contributed by atoms with Crippen LogP contribution in [0.4, 0.5) is 11.4 Å². The smallest absolute Gasteiger partial charge is 0.292 e. The van der Waals surface area contributed by atoms with Gasteiger partial charge in [-0.1, -0.05) is 0 Å². The van der Waals surface area contributed by atoms with Gasteiger partial charge in [0.25, 0.3) is 11.6 Å². The van der Waals surface area contributed by atoms with Gasteiger partial charge in [0, 0.05) is 39.4 Å². The zero-order valence-corrected chi connectivity index (χ0v) is 12.2. The average Bonchev–Trinajstić information content (AvgIpc) is 2.50. The van der Waals surface area contributed by atoms with E-state index < -0.39 is 4.92 Å². The molecule has 0 aliphatic rings. The molecule has 1 atom stereocenters. The van der Waals surface area contributed by atoms with Gasteiger partial charge in [0.1, 0.15) is 5.69 Å². The molecule has 1 aromatic rings. The van der Waals surface area contributed by atoms with E-state index in [4.69, 9.17) is 9.47 Å². The molecule has 1 amide bonds. The zero-order chi connectivity index (χ0) is 15.8. The Bertz CT molecular complexity index is 507. The molecule has 8 heteroatoms. The number of hydrogen-bond acceptors (Lipinski definition) is 6. The van der Waals surface area contributed by atoms with Gasteiger partial charge in [0.05, 0.1) is 17.6 Å². The highest BCUT2D eigenvalue weighted by molar-refractivity contribution is 5.95. The van der Waals surface area contributed by atoms with Gasteiger partial charge < -0.3 is 20.1 Å². The van der Waals surface area contributed by atoms with Gasteiger partial charge in [0.2, 0.25) is 0 Å². The molecule has 2 N–H and O–H groups in total. The summed E-state index contributed by atoms with van der Waals surface area (Å²) in [5, 5.41) is 16.2. The third-order valence-corrected chi connectivity index (χ3v) is 2.90. The summed E-state index contributed by atoms with van der Waals surface area (Å²) < 4.78 is 10.1. The Hall–Kier alpha value is -2.19.